The summed E-state index contributed by atoms with van der Waals surface area (Å²) in [6.45, 7) is 7.28. The first-order valence-electron chi connectivity index (χ1n) is 5.70. The van der Waals surface area contributed by atoms with E-state index in [-0.39, 0.29) is 11.4 Å². The predicted molar refractivity (Wildman–Crippen MR) is 71.6 cm³/mol. The molecule has 2 N–H and O–H groups in total. The number of nitrogen functional groups attached to an aromatic ring is 1. The van der Waals surface area contributed by atoms with Gasteiger partial charge in [0.2, 0.25) is 0 Å². The highest BCUT2D eigenvalue weighted by Crippen LogP contribution is 2.30. The van der Waals surface area contributed by atoms with E-state index in [4.69, 9.17) is 10.6 Å². The molecule has 0 aromatic heterocycles. The molecule has 0 atom stereocenters. The Hall–Kier alpha value is -1.11. The van der Waals surface area contributed by atoms with Crippen LogP contribution in [0.5, 0.6) is 0 Å². The van der Waals surface area contributed by atoms with Gasteiger partial charge in [-0.1, -0.05) is 4.47 Å². The summed E-state index contributed by atoms with van der Waals surface area (Å²) in [4.78, 5) is 5.15. The summed E-state index contributed by atoms with van der Waals surface area (Å²) in [7, 11) is -2.34. The standard InChI is InChI=1S/C12H20N2O3S/c1-6-14(17-5)18(15,16)12-9(3)8(2)7-11(13)10(12)4/h7H,6,13H2,1-5H3. The number of nitrogens with zero attached hydrogens (tertiary/aromatic N) is 1. The van der Waals surface area contributed by atoms with E-state index in [1.165, 1.54) is 7.11 Å². The maximum Gasteiger partial charge on any atom is 0.265 e. The van der Waals surface area contributed by atoms with Crippen LogP contribution in [0.25, 0.3) is 0 Å². The average Bonchev–Trinajstić information content (AvgIpc) is 2.27. The molecule has 0 heterocycles. The molecule has 1 aromatic carbocycles. The van der Waals surface area contributed by atoms with Crippen LogP contribution in [0.1, 0.15) is 23.6 Å². The van der Waals surface area contributed by atoms with E-state index in [0.717, 1.165) is 10.0 Å². The van der Waals surface area contributed by atoms with E-state index in [0.29, 0.717) is 16.8 Å². The smallest absolute Gasteiger partial charge is 0.265 e. The van der Waals surface area contributed by atoms with Gasteiger partial charge in [0.25, 0.3) is 10.0 Å². The van der Waals surface area contributed by atoms with Gasteiger partial charge in [-0.25, -0.2) is 8.42 Å². The molecule has 0 bridgehead atoms. The second-order valence-electron chi connectivity index (χ2n) is 4.17. The number of rotatable bonds is 4. The zero-order valence-corrected chi connectivity index (χ0v) is 12.3. The lowest BCUT2D eigenvalue weighted by atomic mass is 10.1. The van der Waals surface area contributed by atoms with Crippen molar-refractivity contribution in [2.45, 2.75) is 32.6 Å². The Kier molecular flexibility index (Phi) is 4.37. The third-order valence-electron chi connectivity index (χ3n) is 3.07. The lowest BCUT2D eigenvalue weighted by Gasteiger charge is -2.21. The molecule has 0 aliphatic rings. The molecule has 0 amide bonds. The lowest BCUT2D eigenvalue weighted by Crippen LogP contribution is -2.31. The Morgan fingerprint density at radius 2 is 1.83 bits per heavy atom. The number of hydrogen-bond acceptors (Lipinski definition) is 4. The topological polar surface area (TPSA) is 72.6 Å². The van der Waals surface area contributed by atoms with E-state index in [1.54, 1.807) is 26.8 Å². The van der Waals surface area contributed by atoms with Crippen molar-refractivity contribution in [3.05, 3.63) is 22.8 Å². The van der Waals surface area contributed by atoms with Crippen LogP contribution in [-0.4, -0.2) is 26.5 Å². The van der Waals surface area contributed by atoms with Crippen molar-refractivity contribution in [1.82, 2.24) is 4.47 Å². The molecule has 0 saturated heterocycles. The summed E-state index contributed by atoms with van der Waals surface area (Å²) >= 11 is 0. The van der Waals surface area contributed by atoms with E-state index < -0.39 is 10.0 Å². The Labute approximate surface area is 109 Å². The van der Waals surface area contributed by atoms with Crippen LogP contribution < -0.4 is 5.73 Å². The Morgan fingerprint density at radius 1 is 1.28 bits per heavy atom. The number of anilines is 1. The third kappa shape index (κ3) is 2.36. The molecule has 5 nitrogen and oxygen atoms in total. The minimum atomic E-state index is -3.68. The number of nitrogens with two attached hydrogens (primary N) is 1. The normalized spacial score (nSPS) is 12.1. The van der Waals surface area contributed by atoms with E-state index in [1.807, 2.05) is 6.92 Å². The monoisotopic (exact) mass is 272 g/mol. The summed E-state index contributed by atoms with van der Waals surface area (Å²) in [6.07, 6.45) is 0. The molecule has 0 spiro atoms. The van der Waals surface area contributed by atoms with Gasteiger partial charge in [-0.3, -0.25) is 4.84 Å². The molecule has 0 fully saturated rings. The fourth-order valence-corrected chi connectivity index (χ4v) is 3.72. The van der Waals surface area contributed by atoms with Crippen LogP contribution in [0.15, 0.2) is 11.0 Å². The fourth-order valence-electron chi connectivity index (χ4n) is 1.93. The third-order valence-corrected chi connectivity index (χ3v) is 5.14. The lowest BCUT2D eigenvalue weighted by molar-refractivity contribution is -0.0443. The van der Waals surface area contributed by atoms with Gasteiger partial charge >= 0.3 is 0 Å². The Bertz CT molecular complexity index is 523. The molecule has 0 radical (unpaired) electrons. The molecule has 0 unspecified atom stereocenters. The van der Waals surface area contributed by atoms with Gasteiger partial charge < -0.3 is 5.73 Å². The largest absolute Gasteiger partial charge is 0.398 e. The second-order valence-corrected chi connectivity index (χ2v) is 5.93. The van der Waals surface area contributed by atoms with Gasteiger partial charge in [0, 0.05) is 12.2 Å². The highest BCUT2D eigenvalue weighted by molar-refractivity contribution is 7.89. The molecule has 0 aliphatic carbocycles. The summed E-state index contributed by atoms with van der Waals surface area (Å²) < 4.78 is 25.9. The van der Waals surface area contributed by atoms with Gasteiger partial charge in [0.05, 0.1) is 12.0 Å². The minimum Gasteiger partial charge on any atom is -0.398 e. The predicted octanol–water partition coefficient (Wildman–Crippen LogP) is 1.77. The minimum absolute atomic E-state index is 0.240. The first-order chi connectivity index (χ1) is 8.27. The van der Waals surface area contributed by atoms with Crippen LogP contribution in [-0.2, 0) is 14.9 Å². The molecular weight excluding hydrogens is 252 g/mol. The van der Waals surface area contributed by atoms with Crippen LogP contribution in [0, 0.1) is 20.8 Å². The number of hydroxylamine groups is 1. The molecule has 1 aromatic rings. The zero-order chi connectivity index (χ0) is 14.1. The van der Waals surface area contributed by atoms with Crippen molar-refractivity contribution < 1.29 is 13.3 Å². The maximum atomic E-state index is 12.5. The molecular formula is C12H20N2O3S. The zero-order valence-electron chi connectivity index (χ0n) is 11.4. The fraction of sp³-hybridized carbons (Fsp3) is 0.500. The van der Waals surface area contributed by atoms with Crippen LogP contribution >= 0.6 is 0 Å². The number of sulfonamides is 1. The Morgan fingerprint density at radius 3 is 2.28 bits per heavy atom. The molecule has 6 heteroatoms. The van der Waals surface area contributed by atoms with Crippen LogP contribution in [0.2, 0.25) is 0 Å². The van der Waals surface area contributed by atoms with Crippen LogP contribution in [0.3, 0.4) is 0 Å². The van der Waals surface area contributed by atoms with E-state index in [2.05, 4.69) is 0 Å². The van der Waals surface area contributed by atoms with Crippen molar-refractivity contribution in [3.8, 4) is 0 Å². The molecule has 0 aliphatic heterocycles. The first-order valence-corrected chi connectivity index (χ1v) is 7.14. The van der Waals surface area contributed by atoms with E-state index in [9.17, 15) is 8.42 Å². The Balaban J connectivity index is 3.60. The van der Waals surface area contributed by atoms with Gasteiger partial charge in [-0.15, -0.1) is 0 Å². The number of hydrogen-bond donors (Lipinski definition) is 1. The molecule has 0 saturated carbocycles. The van der Waals surface area contributed by atoms with Crippen molar-refractivity contribution in [2.24, 2.45) is 0 Å². The van der Waals surface area contributed by atoms with Crippen LogP contribution in [0.4, 0.5) is 5.69 Å². The van der Waals surface area contributed by atoms with Gasteiger partial charge in [-0.2, -0.15) is 0 Å². The highest BCUT2D eigenvalue weighted by Gasteiger charge is 2.28. The SMILES string of the molecule is CCN(OC)S(=O)(=O)c1c(C)c(C)cc(N)c1C. The quantitative estimate of drug-likeness (QED) is 0.669. The molecule has 1 rings (SSSR count). The van der Waals surface area contributed by atoms with Crippen molar-refractivity contribution >= 4 is 15.7 Å². The second kappa shape index (κ2) is 5.26. The summed E-state index contributed by atoms with van der Waals surface area (Å²) in [6, 6.07) is 1.78. The van der Waals surface area contributed by atoms with Crippen molar-refractivity contribution in [2.75, 3.05) is 19.4 Å². The number of benzene rings is 1. The van der Waals surface area contributed by atoms with Crippen molar-refractivity contribution in [1.29, 1.82) is 0 Å². The molecule has 102 valence electrons. The van der Waals surface area contributed by atoms with Crippen molar-refractivity contribution in [3.63, 3.8) is 0 Å². The summed E-state index contributed by atoms with van der Waals surface area (Å²) in [5, 5.41) is 0. The van der Waals surface area contributed by atoms with Gasteiger partial charge in [0.1, 0.15) is 0 Å². The maximum absolute atomic E-state index is 12.5. The first kappa shape index (κ1) is 14.9. The summed E-state index contributed by atoms with van der Waals surface area (Å²) in [5.74, 6) is 0. The molecule has 18 heavy (non-hydrogen) atoms. The van der Waals surface area contributed by atoms with Gasteiger partial charge in [0.15, 0.2) is 0 Å². The summed E-state index contributed by atoms with van der Waals surface area (Å²) in [5.41, 5.74) is 8.44. The number of aryl methyl sites for hydroxylation is 1. The highest BCUT2D eigenvalue weighted by atomic mass is 32.2. The van der Waals surface area contributed by atoms with E-state index >= 15 is 0 Å². The average molecular weight is 272 g/mol. The van der Waals surface area contributed by atoms with Gasteiger partial charge in [-0.05, 0) is 50.5 Å².